The Balaban J connectivity index is 2.36. The van der Waals surface area contributed by atoms with Gasteiger partial charge in [-0.1, -0.05) is 42.5 Å². The average Bonchev–Trinajstić information content (AvgIpc) is 2.49. The van der Waals surface area contributed by atoms with E-state index in [9.17, 15) is 9.59 Å². The molecule has 140 valence electrons. The minimum atomic E-state index is -1.00. The molecule has 0 aliphatic carbocycles. The molecule has 0 unspecified atom stereocenters. The van der Waals surface area contributed by atoms with E-state index in [1.807, 2.05) is 42.5 Å². The van der Waals surface area contributed by atoms with Crippen LogP contribution in [-0.4, -0.2) is 23.1 Å². The van der Waals surface area contributed by atoms with Crippen LogP contribution >= 0.6 is 0 Å². The van der Waals surface area contributed by atoms with Crippen molar-refractivity contribution in [1.29, 1.82) is 0 Å². The van der Waals surface area contributed by atoms with E-state index in [0.29, 0.717) is 0 Å². The molecular formula is C22H28O4. The van der Waals surface area contributed by atoms with Gasteiger partial charge < -0.3 is 9.47 Å². The van der Waals surface area contributed by atoms with E-state index in [0.717, 1.165) is 16.3 Å². The SMILES string of the molecule is CC(C)(C)OC(=O)C(Cc1cccc2ccccc12)C(=O)OC(C)(C)C. The van der Waals surface area contributed by atoms with Crippen molar-refractivity contribution in [3.63, 3.8) is 0 Å². The second-order valence-electron chi connectivity index (χ2n) is 8.46. The molecule has 2 aromatic carbocycles. The fourth-order valence-corrected chi connectivity index (χ4v) is 2.70. The summed E-state index contributed by atoms with van der Waals surface area (Å²) < 4.78 is 11.0. The largest absolute Gasteiger partial charge is 0.459 e. The van der Waals surface area contributed by atoms with Crippen molar-refractivity contribution < 1.29 is 19.1 Å². The molecule has 0 radical (unpaired) electrons. The van der Waals surface area contributed by atoms with Crippen molar-refractivity contribution in [2.75, 3.05) is 0 Å². The number of carbonyl (C=O) groups excluding carboxylic acids is 2. The zero-order chi connectivity index (χ0) is 19.5. The first-order chi connectivity index (χ1) is 12.0. The van der Waals surface area contributed by atoms with Crippen LogP contribution in [0.3, 0.4) is 0 Å². The first kappa shape index (κ1) is 20.0. The van der Waals surface area contributed by atoms with Crippen molar-refractivity contribution in [1.82, 2.24) is 0 Å². The minimum absolute atomic E-state index is 0.241. The average molecular weight is 356 g/mol. The van der Waals surface area contributed by atoms with Gasteiger partial charge in [0.2, 0.25) is 0 Å². The summed E-state index contributed by atoms with van der Waals surface area (Å²) >= 11 is 0. The molecule has 0 bridgehead atoms. The lowest BCUT2D eigenvalue weighted by Crippen LogP contribution is -2.38. The van der Waals surface area contributed by atoms with Crippen LogP contribution in [0.1, 0.15) is 47.1 Å². The zero-order valence-electron chi connectivity index (χ0n) is 16.5. The van der Waals surface area contributed by atoms with Crippen molar-refractivity contribution >= 4 is 22.7 Å². The molecule has 0 saturated carbocycles. The molecule has 26 heavy (non-hydrogen) atoms. The van der Waals surface area contributed by atoms with Crippen LogP contribution in [0.5, 0.6) is 0 Å². The summed E-state index contributed by atoms with van der Waals surface area (Å²) in [6.07, 6.45) is 0.241. The van der Waals surface area contributed by atoms with Crippen LogP contribution < -0.4 is 0 Å². The highest BCUT2D eigenvalue weighted by atomic mass is 16.6. The summed E-state index contributed by atoms with van der Waals surface area (Å²) in [5.74, 6) is -2.11. The Morgan fingerprint density at radius 3 is 1.85 bits per heavy atom. The Hall–Kier alpha value is -2.36. The summed E-state index contributed by atoms with van der Waals surface area (Å²) in [5, 5.41) is 2.09. The van der Waals surface area contributed by atoms with Crippen LogP contribution in [0.15, 0.2) is 42.5 Å². The quantitative estimate of drug-likeness (QED) is 0.589. The molecule has 4 heteroatoms. The van der Waals surface area contributed by atoms with E-state index >= 15 is 0 Å². The first-order valence-electron chi connectivity index (χ1n) is 8.89. The van der Waals surface area contributed by atoms with Crippen LogP contribution in [0.2, 0.25) is 0 Å². The molecule has 0 aliphatic heterocycles. The lowest BCUT2D eigenvalue weighted by Gasteiger charge is -2.26. The smallest absolute Gasteiger partial charge is 0.321 e. The van der Waals surface area contributed by atoms with Gasteiger partial charge in [0.1, 0.15) is 11.2 Å². The third-order valence-electron chi connectivity index (χ3n) is 3.69. The number of esters is 2. The maximum atomic E-state index is 12.7. The van der Waals surface area contributed by atoms with E-state index in [-0.39, 0.29) is 6.42 Å². The Labute approximate surface area is 155 Å². The summed E-state index contributed by atoms with van der Waals surface area (Å²) in [4.78, 5) is 25.4. The number of hydrogen-bond donors (Lipinski definition) is 0. The summed E-state index contributed by atoms with van der Waals surface area (Å²) in [6, 6.07) is 13.8. The lowest BCUT2D eigenvalue weighted by atomic mass is 9.94. The second kappa shape index (κ2) is 7.48. The lowest BCUT2D eigenvalue weighted by molar-refractivity contribution is -0.174. The summed E-state index contributed by atoms with van der Waals surface area (Å²) in [7, 11) is 0. The van der Waals surface area contributed by atoms with Gasteiger partial charge >= 0.3 is 11.9 Å². The van der Waals surface area contributed by atoms with Gasteiger partial charge in [-0.3, -0.25) is 9.59 Å². The van der Waals surface area contributed by atoms with Crippen molar-refractivity contribution in [2.24, 2.45) is 5.92 Å². The van der Waals surface area contributed by atoms with E-state index in [2.05, 4.69) is 0 Å². The van der Waals surface area contributed by atoms with Gasteiger partial charge in [-0.05, 0) is 64.3 Å². The molecule has 0 N–H and O–H groups in total. The number of fused-ring (bicyclic) bond motifs is 1. The van der Waals surface area contributed by atoms with Crippen molar-refractivity contribution in [3.05, 3.63) is 48.0 Å². The molecule has 0 spiro atoms. The Morgan fingerprint density at radius 1 is 0.808 bits per heavy atom. The molecule has 0 atom stereocenters. The Morgan fingerprint density at radius 2 is 1.31 bits per heavy atom. The zero-order valence-corrected chi connectivity index (χ0v) is 16.5. The number of carbonyl (C=O) groups is 2. The van der Waals surface area contributed by atoms with E-state index in [1.165, 1.54) is 0 Å². The predicted molar refractivity (Wildman–Crippen MR) is 103 cm³/mol. The third kappa shape index (κ3) is 5.58. The fraction of sp³-hybridized carbons (Fsp3) is 0.455. The molecule has 2 aromatic rings. The van der Waals surface area contributed by atoms with Crippen LogP contribution in [0, 0.1) is 5.92 Å². The maximum absolute atomic E-state index is 12.7. The highest BCUT2D eigenvalue weighted by Gasteiger charge is 2.35. The van der Waals surface area contributed by atoms with Gasteiger partial charge in [-0.2, -0.15) is 0 Å². The fourth-order valence-electron chi connectivity index (χ4n) is 2.70. The van der Waals surface area contributed by atoms with Gasteiger partial charge in [0.25, 0.3) is 0 Å². The van der Waals surface area contributed by atoms with Gasteiger partial charge in [0.15, 0.2) is 5.92 Å². The van der Waals surface area contributed by atoms with Gasteiger partial charge in [-0.25, -0.2) is 0 Å². The monoisotopic (exact) mass is 356 g/mol. The van der Waals surface area contributed by atoms with Crippen LogP contribution in [0.25, 0.3) is 10.8 Å². The molecule has 2 rings (SSSR count). The molecular weight excluding hydrogens is 328 g/mol. The van der Waals surface area contributed by atoms with E-state index < -0.39 is 29.1 Å². The molecule has 0 amide bonds. The second-order valence-corrected chi connectivity index (χ2v) is 8.46. The van der Waals surface area contributed by atoms with Gasteiger partial charge in [-0.15, -0.1) is 0 Å². The van der Waals surface area contributed by atoms with Gasteiger partial charge in [0.05, 0.1) is 0 Å². The van der Waals surface area contributed by atoms with E-state index in [4.69, 9.17) is 9.47 Å². The van der Waals surface area contributed by atoms with Crippen molar-refractivity contribution in [2.45, 2.75) is 59.2 Å². The Kier molecular flexibility index (Phi) is 5.74. The number of hydrogen-bond acceptors (Lipinski definition) is 4. The topological polar surface area (TPSA) is 52.6 Å². The molecule has 0 heterocycles. The Bertz CT molecular complexity index is 760. The summed E-state index contributed by atoms with van der Waals surface area (Å²) in [6.45, 7) is 10.7. The molecule has 0 aromatic heterocycles. The van der Waals surface area contributed by atoms with Crippen molar-refractivity contribution in [3.8, 4) is 0 Å². The highest BCUT2D eigenvalue weighted by Crippen LogP contribution is 2.24. The maximum Gasteiger partial charge on any atom is 0.321 e. The minimum Gasteiger partial charge on any atom is -0.459 e. The molecule has 0 fully saturated rings. The molecule has 0 saturated heterocycles. The third-order valence-corrected chi connectivity index (χ3v) is 3.69. The number of benzene rings is 2. The van der Waals surface area contributed by atoms with Gasteiger partial charge in [0, 0.05) is 0 Å². The molecule has 4 nitrogen and oxygen atoms in total. The predicted octanol–water partition coefficient (Wildman–Crippen LogP) is 4.68. The number of rotatable bonds is 4. The van der Waals surface area contributed by atoms with Crippen LogP contribution in [-0.2, 0) is 25.5 Å². The first-order valence-corrected chi connectivity index (χ1v) is 8.89. The summed E-state index contributed by atoms with van der Waals surface area (Å²) in [5.41, 5.74) is -0.420. The number of ether oxygens (including phenoxy) is 2. The van der Waals surface area contributed by atoms with Crippen LogP contribution in [0.4, 0.5) is 0 Å². The normalized spacial score (nSPS) is 12.3. The van der Waals surface area contributed by atoms with E-state index in [1.54, 1.807) is 41.5 Å². The molecule has 0 aliphatic rings. The highest BCUT2D eigenvalue weighted by molar-refractivity contribution is 5.96. The standard InChI is InChI=1S/C22H28O4/c1-21(2,3)25-19(23)18(20(24)26-22(4,5)6)14-16-12-9-11-15-10-7-8-13-17(15)16/h7-13,18H,14H2,1-6H3.